The van der Waals surface area contributed by atoms with Gasteiger partial charge >= 0.3 is 0 Å². The number of hydrogen-bond donors (Lipinski definition) is 3. The van der Waals surface area contributed by atoms with Crippen LogP contribution in [-0.2, 0) is 14.9 Å². The van der Waals surface area contributed by atoms with Crippen LogP contribution >= 0.6 is 12.6 Å². The molecule has 0 saturated carbocycles. The number of rotatable bonds is 3. The zero-order valence-electron chi connectivity index (χ0n) is 5.81. The van der Waals surface area contributed by atoms with Gasteiger partial charge in [0, 0.05) is 13.5 Å². The Bertz CT molecular complexity index is 234. The Kier molecular flexibility index (Phi) is 3.84. The Hall–Kier alpha value is -0.270. The highest BCUT2D eigenvalue weighted by atomic mass is 32.3. The molecule has 0 aliphatic rings. The fraction of sp³-hybridized carbons (Fsp3) is 0.750. The van der Waals surface area contributed by atoms with Crippen LogP contribution in [0.15, 0.2) is 0 Å². The quantitative estimate of drug-likeness (QED) is 0.413. The van der Waals surface area contributed by atoms with E-state index in [9.17, 15) is 13.2 Å². The van der Waals surface area contributed by atoms with Crippen molar-refractivity contribution in [3.05, 3.63) is 0 Å². The summed E-state index contributed by atoms with van der Waals surface area (Å²) in [6.45, 7) is 1.04. The SMILES string of the molecule is CC(=O)NCC(S)S(=O)(=O)O. The minimum Gasteiger partial charge on any atom is -0.354 e. The number of nitrogens with one attached hydrogen (secondary N) is 1. The van der Waals surface area contributed by atoms with Crippen LogP contribution in [0.4, 0.5) is 0 Å². The summed E-state index contributed by atoms with van der Waals surface area (Å²) in [6, 6.07) is 0. The Morgan fingerprint density at radius 1 is 1.73 bits per heavy atom. The van der Waals surface area contributed by atoms with Crippen molar-refractivity contribution in [1.82, 2.24) is 5.32 Å². The molecule has 0 rings (SSSR count). The van der Waals surface area contributed by atoms with Gasteiger partial charge in [-0.1, -0.05) is 0 Å². The van der Waals surface area contributed by atoms with Crippen molar-refractivity contribution in [2.45, 2.75) is 11.5 Å². The molecule has 1 atom stereocenters. The van der Waals surface area contributed by atoms with Crippen LogP contribution in [0.5, 0.6) is 0 Å². The van der Waals surface area contributed by atoms with E-state index in [1.807, 2.05) is 0 Å². The van der Waals surface area contributed by atoms with Crippen molar-refractivity contribution in [2.75, 3.05) is 6.54 Å². The molecular weight excluding hydrogens is 190 g/mol. The number of carbonyl (C=O) groups excluding carboxylic acids is 1. The minimum atomic E-state index is -4.15. The summed E-state index contributed by atoms with van der Waals surface area (Å²) in [4.78, 5) is 10.3. The third kappa shape index (κ3) is 5.05. The lowest BCUT2D eigenvalue weighted by atomic mass is 10.6. The lowest BCUT2D eigenvalue weighted by Crippen LogP contribution is -2.31. The molecule has 0 saturated heterocycles. The van der Waals surface area contributed by atoms with Crippen molar-refractivity contribution in [1.29, 1.82) is 0 Å². The maximum Gasteiger partial charge on any atom is 0.278 e. The van der Waals surface area contributed by atoms with Gasteiger partial charge in [-0.2, -0.15) is 21.0 Å². The van der Waals surface area contributed by atoms with Gasteiger partial charge in [-0.25, -0.2) is 0 Å². The summed E-state index contributed by atoms with van der Waals surface area (Å²) in [6.07, 6.45) is 0. The van der Waals surface area contributed by atoms with Gasteiger partial charge in [-0.05, 0) is 0 Å². The van der Waals surface area contributed by atoms with Crippen molar-refractivity contribution >= 4 is 28.7 Å². The first-order valence-corrected chi connectivity index (χ1v) is 4.75. The molecule has 1 unspecified atom stereocenters. The summed E-state index contributed by atoms with van der Waals surface area (Å²) >= 11 is 3.53. The van der Waals surface area contributed by atoms with Gasteiger partial charge in [0.05, 0.1) is 0 Å². The van der Waals surface area contributed by atoms with Gasteiger partial charge in [-0.15, -0.1) is 0 Å². The smallest absolute Gasteiger partial charge is 0.278 e. The lowest BCUT2D eigenvalue weighted by molar-refractivity contribution is -0.118. The van der Waals surface area contributed by atoms with Crippen molar-refractivity contribution in [3.63, 3.8) is 0 Å². The fourth-order valence-electron chi connectivity index (χ4n) is 0.336. The third-order valence-electron chi connectivity index (χ3n) is 0.869. The Labute approximate surface area is 70.3 Å². The first kappa shape index (κ1) is 10.7. The number of carbonyl (C=O) groups is 1. The van der Waals surface area contributed by atoms with Gasteiger partial charge in [0.15, 0.2) is 0 Å². The Morgan fingerprint density at radius 3 is 2.45 bits per heavy atom. The second kappa shape index (κ2) is 3.93. The van der Waals surface area contributed by atoms with E-state index < -0.39 is 14.7 Å². The predicted octanol–water partition coefficient (Wildman–Crippen LogP) is -0.734. The second-order valence-electron chi connectivity index (χ2n) is 1.91. The molecule has 1 amide bonds. The molecule has 0 spiro atoms. The molecule has 5 nitrogen and oxygen atoms in total. The van der Waals surface area contributed by atoms with E-state index in [1.54, 1.807) is 0 Å². The highest BCUT2D eigenvalue weighted by Gasteiger charge is 2.17. The molecule has 11 heavy (non-hydrogen) atoms. The molecule has 0 radical (unpaired) electrons. The predicted molar refractivity (Wildman–Crippen MR) is 43.0 cm³/mol. The van der Waals surface area contributed by atoms with Crippen molar-refractivity contribution in [2.24, 2.45) is 0 Å². The van der Waals surface area contributed by atoms with Gasteiger partial charge in [0.2, 0.25) is 5.91 Å². The summed E-state index contributed by atoms with van der Waals surface area (Å²) in [5, 5.41) is 2.20. The third-order valence-corrected chi connectivity index (χ3v) is 2.71. The maximum absolute atomic E-state index is 10.3. The van der Waals surface area contributed by atoms with Crippen LogP contribution in [0.25, 0.3) is 0 Å². The van der Waals surface area contributed by atoms with Crippen LogP contribution in [0, 0.1) is 0 Å². The highest BCUT2D eigenvalue weighted by molar-refractivity contribution is 8.01. The summed E-state index contributed by atoms with van der Waals surface area (Å²) in [5.41, 5.74) is 0. The van der Waals surface area contributed by atoms with Gasteiger partial charge in [0.1, 0.15) is 4.58 Å². The van der Waals surface area contributed by atoms with E-state index in [0.717, 1.165) is 0 Å². The largest absolute Gasteiger partial charge is 0.354 e. The molecule has 2 N–H and O–H groups in total. The first-order chi connectivity index (χ1) is 4.84. The van der Waals surface area contributed by atoms with Crippen LogP contribution in [-0.4, -0.2) is 30.0 Å². The Morgan fingerprint density at radius 2 is 2.18 bits per heavy atom. The highest BCUT2D eigenvalue weighted by Crippen LogP contribution is 2.00. The molecule has 0 aromatic heterocycles. The zero-order chi connectivity index (χ0) is 9.07. The van der Waals surface area contributed by atoms with Crippen LogP contribution in [0.3, 0.4) is 0 Å². The summed E-state index contributed by atoms with van der Waals surface area (Å²) < 4.78 is 27.6. The van der Waals surface area contributed by atoms with Gasteiger partial charge < -0.3 is 5.32 Å². The van der Waals surface area contributed by atoms with E-state index in [4.69, 9.17) is 4.55 Å². The fourth-order valence-corrected chi connectivity index (χ4v) is 0.722. The molecule has 0 aliphatic carbocycles. The van der Waals surface area contributed by atoms with Gasteiger partial charge in [0.25, 0.3) is 10.1 Å². The molecule has 0 fully saturated rings. The second-order valence-corrected chi connectivity index (χ2v) is 4.48. The van der Waals surface area contributed by atoms with E-state index in [-0.39, 0.29) is 12.5 Å². The molecule has 0 aromatic rings. The summed E-state index contributed by atoms with van der Waals surface area (Å²) in [7, 11) is -4.15. The molecule has 0 aromatic carbocycles. The molecule has 0 bridgehead atoms. The van der Waals surface area contributed by atoms with Crippen LogP contribution in [0.2, 0.25) is 0 Å². The molecule has 7 heteroatoms. The molecular formula is C4H9NO4S2. The van der Waals surface area contributed by atoms with E-state index in [0.29, 0.717) is 0 Å². The zero-order valence-corrected chi connectivity index (χ0v) is 7.52. The standard InChI is InChI=1S/C4H9NO4S2/c1-3(6)5-2-4(10)11(7,8)9/h4,10H,2H2,1H3,(H,5,6)(H,7,8,9). The van der Waals surface area contributed by atoms with Gasteiger partial charge in [-0.3, -0.25) is 9.35 Å². The molecule has 66 valence electrons. The monoisotopic (exact) mass is 199 g/mol. The number of thiol groups is 1. The topological polar surface area (TPSA) is 83.5 Å². The van der Waals surface area contributed by atoms with E-state index in [1.165, 1.54) is 6.92 Å². The molecule has 0 heterocycles. The first-order valence-electron chi connectivity index (χ1n) is 2.73. The number of hydrogen-bond acceptors (Lipinski definition) is 4. The lowest BCUT2D eigenvalue weighted by Gasteiger charge is -2.06. The van der Waals surface area contributed by atoms with E-state index in [2.05, 4.69) is 17.9 Å². The molecule has 0 aliphatic heterocycles. The normalized spacial score (nSPS) is 14.1. The van der Waals surface area contributed by atoms with Crippen LogP contribution in [0.1, 0.15) is 6.92 Å². The van der Waals surface area contributed by atoms with Crippen LogP contribution < -0.4 is 5.32 Å². The summed E-state index contributed by atoms with van der Waals surface area (Å²) in [5.74, 6) is -0.368. The van der Waals surface area contributed by atoms with Crippen molar-refractivity contribution < 1.29 is 17.8 Å². The maximum atomic E-state index is 10.3. The van der Waals surface area contributed by atoms with E-state index >= 15 is 0 Å². The Balaban J connectivity index is 3.90. The average Bonchev–Trinajstić information content (AvgIpc) is 1.80. The minimum absolute atomic E-state index is 0.197. The van der Waals surface area contributed by atoms with Crippen molar-refractivity contribution in [3.8, 4) is 0 Å². The average molecular weight is 199 g/mol. The number of amides is 1.